The molecule has 1 saturated heterocycles. The van der Waals surface area contributed by atoms with E-state index < -0.39 is 21.3 Å². The van der Waals surface area contributed by atoms with Crippen molar-refractivity contribution in [2.75, 3.05) is 0 Å². The number of rotatable bonds is 6. The second-order valence-electron chi connectivity index (χ2n) is 6.78. The molecule has 1 fully saturated rings. The highest BCUT2D eigenvalue weighted by Gasteiger charge is 2.35. The monoisotopic (exact) mass is 485 g/mol. The Bertz CT molecular complexity index is 1310. The summed E-state index contributed by atoms with van der Waals surface area (Å²) in [5.74, 6) is -0.406. The largest absolute Gasteiger partial charge is 0.378 e. The van der Waals surface area contributed by atoms with Gasteiger partial charge in [0.15, 0.2) is 0 Å². The first-order valence-electron chi connectivity index (χ1n) is 9.42. The first kappa shape index (κ1) is 22.1. The minimum absolute atomic E-state index is 0.0121. The van der Waals surface area contributed by atoms with Gasteiger partial charge in [-0.1, -0.05) is 60.1 Å². The molecule has 6 nitrogen and oxygen atoms in total. The van der Waals surface area contributed by atoms with Gasteiger partial charge in [-0.3, -0.25) is 14.5 Å². The van der Waals surface area contributed by atoms with Gasteiger partial charge in [0.1, 0.15) is 10.6 Å². The lowest BCUT2D eigenvalue weighted by Gasteiger charge is -2.12. The second kappa shape index (κ2) is 9.20. The van der Waals surface area contributed by atoms with E-state index in [1.807, 2.05) is 0 Å². The lowest BCUT2D eigenvalue weighted by molar-refractivity contribution is -0.123. The Kier molecular flexibility index (Phi) is 6.36. The average molecular weight is 486 g/mol. The van der Waals surface area contributed by atoms with Gasteiger partial charge in [-0.25, -0.2) is 0 Å². The maximum absolute atomic E-state index is 12.8. The molecule has 4 rings (SSSR count). The molecule has 0 N–H and O–H groups in total. The zero-order chi connectivity index (χ0) is 22.7. The smallest absolute Gasteiger partial charge is 0.339 e. The number of nitrogens with zero attached hydrogens (tertiary/aromatic N) is 1. The highest BCUT2D eigenvalue weighted by Crippen LogP contribution is 2.35. The van der Waals surface area contributed by atoms with E-state index in [9.17, 15) is 18.0 Å². The molecule has 0 spiro atoms. The molecule has 0 radical (unpaired) electrons. The number of hydrogen-bond acceptors (Lipinski definition) is 6. The molecule has 3 aromatic carbocycles. The number of benzene rings is 3. The normalized spacial score (nSPS) is 15.4. The highest BCUT2D eigenvalue weighted by molar-refractivity contribution is 8.18. The molecule has 0 saturated carbocycles. The van der Waals surface area contributed by atoms with E-state index in [0.717, 1.165) is 22.2 Å². The second-order valence-corrected chi connectivity index (χ2v) is 9.76. The summed E-state index contributed by atoms with van der Waals surface area (Å²) in [6.07, 6.45) is 1.46. The quantitative estimate of drug-likeness (QED) is 0.346. The van der Waals surface area contributed by atoms with E-state index >= 15 is 0 Å². The fourth-order valence-electron chi connectivity index (χ4n) is 2.98. The van der Waals surface area contributed by atoms with Gasteiger partial charge >= 0.3 is 10.1 Å². The van der Waals surface area contributed by atoms with Crippen molar-refractivity contribution in [3.63, 3.8) is 0 Å². The molecule has 2 amide bonds. The number of thioether (sulfide) groups is 1. The fraction of sp³-hybridized carbons (Fsp3) is 0.0435. The third-order valence-corrected chi connectivity index (χ3v) is 6.97. The Hall–Kier alpha value is -3.07. The minimum Gasteiger partial charge on any atom is -0.378 e. The molecule has 0 atom stereocenters. The van der Waals surface area contributed by atoms with E-state index in [1.54, 1.807) is 60.7 Å². The highest BCUT2D eigenvalue weighted by atomic mass is 35.5. The van der Waals surface area contributed by atoms with Gasteiger partial charge in [0.05, 0.1) is 11.4 Å². The Labute approximate surface area is 194 Å². The summed E-state index contributed by atoms with van der Waals surface area (Å²) in [5.41, 5.74) is 1.12. The van der Waals surface area contributed by atoms with Gasteiger partial charge in [0.2, 0.25) is 0 Å². The molecular formula is C23H16ClNO5S2. The van der Waals surface area contributed by atoms with Crippen molar-refractivity contribution < 1.29 is 22.2 Å². The zero-order valence-electron chi connectivity index (χ0n) is 16.5. The zero-order valence-corrected chi connectivity index (χ0v) is 18.9. The van der Waals surface area contributed by atoms with Crippen molar-refractivity contribution in [1.29, 1.82) is 0 Å². The number of carbonyl (C=O) groups excluding carboxylic acids is 2. The Morgan fingerprint density at radius 3 is 2.28 bits per heavy atom. The predicted molar refractivity (Wildman–Crippen MR) is 124 cm³/mol. The molecule has 0 unspecified atom stereocenters. The lowest BCUT2D eigenvalue weighted by Crippen LogP contribution is -2.27. The van der Waals surface area contributed by atoms with E-state index in [-0.39, 0.29) is 22.1 Å². The van der Waals surface area contributed by atoms with Gasteiger partial charge in [-0.15, -0.1) is 0 Å². The Morgan fingerprint density at radius 1 is 0.906 bits per heavy atom. The summed E-state index contributed by atoms with van der Waals surface area (Å²) in [6, 6.07) is 21.0. The van der Waals surface area contributed by atoms with Crippen LogP contribution in [0.1, 0.15) is 11.1 Å². The third-order valence-electron chi connectivity index (χ3n) is 4.56. The first-order valence-corrected chi connectivity index (χ1v) is 12.0. The van der Waals surface area contributed by atoms with Gasteiger partial charge in [0, 0.05) is 10.6 Å². The number of imide groups is 1. The number of carbonyl (C=O) groups is 2. The molecule has 32 heavy (non-hydrogen) atoms. The van der Waals surface area contributed by atoms with Crippen LogP contribution in [-0.4, -0.2) is 24.5 Å². The van der Waals surface area contributed by atoms with Crippen molar-refractivity contribution >= 4 is 50.7 Å². The molecule has 1 heterocycles. The number of para-hydroxylation sites is 1. The molecule has 1 aliphatic heterocycles. The number of hydrogen-bond donors (Lipinski definition) is 0. The summed E-state index contributed by atoms with van der Waals surface area (Å²) in [4.78, 5) is 26.6. The van der Waals surface area contributed by atoms with Crippen molar-refractivity contribution in [2.45, 2.75) is 11.4 Å². The van der Waals surface area contributed by atoms with Crippen LogP contribution in [0.4, 0.5) is 4.79 Å². The molecule has 9 heteroatoms. The van der Waals surface area contributed by atoms with Gasteiger partial charge < -0.3 is 4.18 Å². The SMILES string of the molecule is O=C1S/C(=C\c2ccccc2OS(=O)(=O)c2ccccc2)C(=O)N1Cc1ccc(Cl)cc1. The number of amides is 2. The Morgan fingerprint density at radius 2 is 1.56 bits per heavy atom. The van der Waals surface area contributed by atoms with Gasteiger partial charge in [0.25, 0.3) is 11.1 Å². The molecular weight excluding hydrogens is 470 g/mol. The lowest BCUT2D eigenvalue weighted by atomic mass is 10.2. The maximum Gasteiger partial charge on any atom is 0.339 e. The molecule has 162 valence electrons. The van der Waals surface area contributed by atoms with Crippen molar-refractivity contribution in [3.05, 3.63) is 99.9 Å². The van der Waals surface area contributed by atoms with E-state index in [0.29, 0.717) is 10.6 Å². The summed E-state index contributed by atoms with van der Waals surface area (Å²) in [6.45, 7) is 0.111. The summed E-state index contributed by atoms with van der Waals surface area (Å²) in [5, 5.41) is 0.149. The summed E-state index contributed by atoms with van der Waals surface area (Å²) in [7, 11) is -4.06. The van der Waals surface area contributed by atoms with Crippen LogP contribution in [0.5, 0.6) is 5.75 Å². The van der Waals surface area contributed by atoms with E-state index in [1.165, 1.54) is 24.3 Å². The molecule has 1 aliphatic rings. The van der Waals surface area contributed by atoms with Crippen LogP contribution in [0, 0.1) is 0 Å². The van der Waals surface area contributed by atoms with Crippen LogP contribution in [0.2, 0.25) is 5.02 Å². The Balaban J connectivity index is 1.59. The predicted octanol–water partition coefficient (Wildman–Crippen LogP) is 5.34. The van der Waals surface area contributed by atoms with Crippen LogP contribution in [0.25, 0.3) is 6.08 Å². The topological polar surface area (TPSA) is 80.8 Å². The molecule has 3 aromatic rings. The first-order chi connectivity index (χ1) is 15.3. The maximum atomic E-state index is 12.8. The van der Waals surface area contributed by atoms with Crippen LogP contribution in [0.15, 0.2) is 88.7 Å². The molecule has 0 bridgehead atoms. The fourth-order valence-corrected chi connectivity index (χ4v) is 4.91. The molecule has 0 aromatic heterocycles. The average Bonchev–Trinajstić information content (AvgIpc) is 3.04. The van der Waals surface area contributed by atoms with Gasteiger partial charge in [-0.2, -0.15) is 8.42 Å². The van der Waals surface area contributed by atoms with Crippen LogP contribution >= 0.6 is 23.4 Å². The van der Waals surface area contributed by atoms with E-state index in [4.69, 9.17) is 15.8 Å². The van der Waals surface area contributed by atoms with Crippen molar-refractivity contribution in [3.8, 4) is 5.75 Å². The third kappa shape index (κ3) is 4.88. The summed E-state index contributed by atoms with van der Waals surface area (Å²) < 4.78 is 30.5. The summed E-state index contributed by atoms with van der Waals surface area (Å²) >= 11 is 6.67. The van der Waals surface area contributed by atoms with Crippen molar-refractivity contribution in [1.82, 2.24) is 4.90 Å². The van der Waals surface area contributed by atoms with Crippen molar-refractivity contribution in [2.24, 2.45) is 0 Å². The van der Waals surface area contributed by atoms with Crippen LogP contribution < -0.4 is 4.18 Å². The molecule has 0 aliphatic carbocycles. The number of halogens is 1. The standard InChI is InChI=1S/C23H16ClNO5S2/c24-18-12-10-16(11-13-18)15-25-22(26)21(31-23(25)27)14-17-6-4-5-9-20(17)30-32(28,29)19-7-2-1-3-8-19/h1-14H,15H2/b21-14-. The van der Waals surface area contributed by atoms with Crippen LogP contribution in [-0.2, 0) is 21.5 Å². The minimum atomic E-state index is -4.06. The van der Waals surface area contributed by atoms with Crippen LogP contribution in [0.3, 0.4) is 0 Å². The van der Waals surface area contributed by atoms with Gasteiger partial charge in [-0.05, 0) is 53.7 Å². The van der Waals surface area contributed by atoms with E-state index in [2.05, 4.69) is 0 Å².